The van der Waals surface area contributed by atoms with Crippen molar-refractivity contribution in [2.24, 2.45) is 5.92 Å². The highest BCUT2D eigenvalue weighted by molar-refractivity contribution is 7.89. The minimum absolute atomic E-state index is 0.0978. The van der Waals surface area contributed by atoms with Crippen LogP contribution in [0.2, 0.25) is 0 Å². The third-order valence-electron chi connectivity index (χ3n) is 5.88. The number of sulfonamides is 1. The van der Waals surface area contributed by atoms with E-state index in [1.165, 1.54) is 16.4 Å². The van der Waals surface area contributed by atoms with Gasteiger partial charge < -0.3 is 15.0 Å². The minimum atomic E-state index is -3.92. The van der Waals surface area contributed by atoms with Gasteiger partial charge in [-0.25, -0.2) is 8.42 Å². The van der Waals surface area contributed by atoms with Crippen LogP contribution in [0.1, 0.15) is 25.3 Å². The van der Waals surface area contributed by atoms with Gasteiger partial charge in [0.15, 0.2) is 0 Å². The highest BCUT2D eigenvalue weighted by Gasteiger charge is 2.34. The lowest BCUT2D eigenvalue weighted by Crippen LogP contribution is -2.52. The second-order valence-electron chi connectivity index (χ2n) is 8.05. The number of benzene rings is 1. The lowest BCUT2D eigenvalue weighted by atomic mass is 9.97. The van der Waals surface area contributed by atoms with E-state index in [2.05, 4.69) is 5.32 Å². The number of carbonyl (C=O) groups excluding carboxylic acids is 2. The maximum Gasteiger partial charge on any atom is 0.270 e. The Hall–Kier alpha value is -2.57. The fraction of sp³-hybridized carbons (Fsp3) is 0.600. The molecule has 2 amide bonds. The molecule has 1 aromatic rings. The fourth-order valence-electron chi connectivity index (χ4n) is 3.93. The van der Waals surface area contributed by atoms with E-state index in [-0.39, 0.29) is 35.5 Å². The molecule has 0 aliphatic carbocycles. The van der Waals surface area contributed by atoms with Gasteiger partial charge in [0.25, 0.3) is 5.69 Å². The number of rotatable bonds is 6. The Bertz CT molecular complexity index is 984. The number of nitro groups is 1. The quantitative estimate of drug-likeness (QED) is 0.478. The van der Waals surface area contributed by atoms with E-state index in [1.807, 2.05) is 0 Å². The molecule has 0 radical (unpaired) electrons. The normalized spacial score (nSPS) is 19.4. The molecule has 0 aromatic heterocycles. The van der Waals surface area contributed by atoms with E-state index in [1.54, 1.807) is 18.7 Å². The highest BCUT2D eigenvalue weighted by atomic mass is 32.2. The summed E-state index contributed by atoms with van der Waals surface area (Å²) < 4.78 is 32.6. The molecule has 1 N–H and O–H groups in total. The molecule has 2 aliphatic rings. The second-order valence-corrected chi connectivity index (χ2v) is 9.96. The Balaban J connectivity index is 1.59. The van der Waals surface area contributed by atoms with Crippen LogP contribution in [0.15, 0.2) is 23.1 Å². The van der Waals surface area contributed by atoms with Gasteiger partial charge >= 0.3 is 0 Å². The summed E-state index contributed by atoms with van der Waals surface area (Å²) >= 11 is 0. The molecule has 0 saturated carbocycles. The van der Waals surface area contributed by atoms with Gasteiger partial charge in [-0.05, 0) is 32.3 Å². The topological polar surface area (TPSA) is 139 Å². The lowest BCUT2D eigenvalue weighted by Gasteiger charge is -2.32. The number of morpholine rings is 1. The first-order valence-electron chi connectivity index (χ1n) is 10.5. The van der Waals surface area contributed by atoms with Crippen LogP contribution in [0.3, 0.4) is 0 Å². The molecule has 2 fully saturated rings. The molecule has 176 valence electrons. The van der Waals surface area contributed by atoms with Crippen LogP contribution in [0.4, 0.5) is 5.69 Å². The van der Waals surface area contributed by atoms with Crippen LogP contribution in [0.5, 0.6) is 0 Å². The zero-order valence-electron chi connectivity index (χ0n) is 18.2. The minimum Gasteiger partial charge on any atom is -0.378 e. The Kier molecular flexibility index (Phi) is 7.47. The summed E-state index contributed by atoms with van der Waals surface area (Å²) in [5.41, 5.74) is 0.133. The number of nitro benzene ring substituents is 1. The molecule has 32 heavy (non-hydrogen) atoms. The number of amides is 2. The van der Waals surface area contributed by atoms with Crippen LogP contribution in [-0.4, -0.2) is 79.8 Å². The monoisotopic (exact) mass is 468 g/mol. The molecule has 2 heterocycles. The van der Waals surface area contributed by atoms with Crippen molar-refractivity contribution in [1.82, 2.24) is 14.5 Å². The standard InChI is InChI=1S/C20H28N4O7S/c1-14-3-4-17(24(27)28)13-18(14)32(29,30)23-7-5-16(6-8-23)19(25)21-15(2)20(26)22-9-11-31-12-10-22/h3-4,13,15-16H,5-12H2,1-2H3,(H,21,25). The molecular weight excluding hydrogens is 440 g/mol. The summed E-state index contributed by atoms with van der Waals surface area (Å²) in [5.74, 6) is -0.849. The van der Waals surface area contributed by atoms with Crippen LogP contribution in [0.25, 0.3) is 0 Å². The van der Waals surface area contributed by atoms with E-state index in [9.17, 15) is 28.1 Å². The molecule has 1 aromatic carbocycles. The van der Waals surface area contributed by atoms with E-state index in [0.717, 1.165) is 6.07 Å². The smallest absolute Gasteiger partial charge is 0.270 e. The van der Waals surface area contributed by atoms with Crippen LogP contribution in [0, 0.1) is 23.0 Å². The number of carbonyl (C=O) groups is 2. The lowest BCUT2D eigenvalue weighted by molar-refractivity contribution is -0.385. The van der Waals surface area contributed by atoms with Crippen LogP contribution in [-0.2, 0) is 24.3 Å². The number of hydrogen-bond acceptors (Lipinski definition) is 7. The van der Waals surface area contributed by atoms with Gasteiger partial charge in [-0.3, -0.25) is 19.7 Å². The summed E-state index contributed by atoms with van der Waals surface area (Å²) in [4.78, 5) is 37.1. The highest BCUT2D eigenvalue weighted by Crippen LogP contribution is 2.28. The molecule has 3 rings (SSSR count). The van der Waals surface area contributed by atoms with Gasteiger partial charge in [0.05, 0.1) is 23.0 Å². The Morgan fingerprint density at radius 1 is 1.19 bits per heavy atom. The third kappa shape index (κ3) is 5.25. The predicted molar refractivity (Wildman–Crippen MR) is 114 cm³/mol. The molecular formula is C20H28N4O7S. The third-order valence-corrected chi connectivity index (χ3v) is 7.92. The molecule has 0 spiro atoms. The molecule has 1 atom stereocenters. The second kappa shape index (κ2) is 9.92. The van der Waals surface area contributed by atoms with E-state index < -0.39 is 26.9 Å². The largest absolute Gasteiger partial charge is 0.378 e. The van der Waals surface area contributed by atoms with Gasteiger partial charge in [0.2, 0.25) is 21.8 Å². The van der Waals surface area contributed by atoms with Gasteiger partial charge in [-0.15, -0.1) is 0 Å². The van der Waals surface area contributed by atoms with Gasteiger partial charge in [-0.1, -0.05) is 6.07 Å². The Morgan fingerprint density at radius 2 is 1.81 bits per heavy atom. The van der Waals surface area contributed by atoms with Crippen molar-refractivity contribution < 1.29 is 27.7 Å². The van der Waals surface area contributed by atoms with Gasteiger partial charge in [0, 0.05) is 44.2 Å². The first kappa shape index (κ1) is 24.1. The van der Waals surface area contributed by atoms with Crippen molar-refractivity contribution in [3.63, 3.8) is 0 Å². The van der Waals surface area contributed by atoms with Crippen molar-refractivity contribution in [1.29, 1.82) is 0 Å². The van der Waals surface area contributed by atoms with Gasteiger partial charge in [0.1, 0.15) is 6.04 Å². The molecule has 0 bridgehead atoms. The Labute approximate surface area is 186 Å². The molecule has 1 unspecified atom stereocenters. The number of hydrogen-bond donors (Lipinski definition) is 1. The van der Waals surface area contributed by atoms with Crippen molar-refractivity contribution in [2.75, 3.05) is 39.4 Å². The number of non-ortho nitro benzene ring substituents is 1. The van der Waals surface area contributed by atoms with Crippen molar-refractivity contribution >= 4 is 27.5 Å². The van der Waals surface area contributed by atoms with Crippen molar-refractivity contribution in [3.05, 3.63) is 33.9 Å². The SMILES string of the molecule is Cc1ccc([N+](=O)[O-])cc1S(=O)(=O)N1CCC(C(=O)NC(C)C(=O)N2CCOCC2)CC1. The zero-order valence-corrected chi connectivity index (χ0v) is 19.0. The van der Waals surface area contributed by atoms with Crippen molar-refractivity contribution in [2.45, 2.75) is 37.6 Å². The summed E-state index contributed by atoms with van der Waals surface area (Å²) in [6.45, 7) is 5.40. The predicted octanol–water partition coefficient (Wildman–Crippen LogP) is 0.667. The van der Waals surface area contributed by atoms with Crippen LogP contribution < -0.4 is 5.32 Å². The van der Waals surface area contributed by atoms with E-state index in [4.69, 9.17) is 4.74 Å². The van der Waals surface area contributed by atoms with Gasteiger partial charge in [-0.2, -0.15) is 4.31 Å². The average Bonchev–Trinajstić information content (AvgIpc) is 2.79. The summed E-state index contributed by atoms with van der Waals surface area (Å²) in [6.07, 6.45) is 0.606. The maximum atomic E-state index is 13.0. The first-order valence-corrected chi connectivity index (χ1v) is 12.0. The summed E-state index contributed by atoms with van der Waals surface area (Å²) in [7, 11) is -3.92. The van der Waals surface area contributed by atoms with E-state index in [0.29, 0.717) is 44.7 Å². The zero-order chi connectivity index (χ0) is 23.5. The number of aryl methyl sites for hydroxylation is 1. The molecule has 2 aliphatic heterocycles. The average molecular weight is 469 g/mol. The summed E-state index contributed by atoms with van der Waals surface area (Å²) in [6, 6.07) is 3.08. The molecule has 12 heteroatoms. The van der Waals surface area contributed by atoms with Crippen molar-refractivity contribution in [3.8, 4) is 0 Å². The Morgan fingerprint density at radius 3 is 2.41 bits per heavy atom. The number of nitrogens with zero attached hydrogens (tertiary/aromatic N) is 3. The molecule has 11 nitrogen and oxygen atoms in total. The molecule has 2 saturated heterocycles. The van der Waals surface area contributed by atoms with E-state index >= 15 is 0 Å². The first-order chi connectivity index (χ1) is 15.1. The summed E-state index contributed by atoms with van der Waals surface area (Å²) in [5, 5.41) is 13.8. The number of piperidine rings is 1. The van der Waals surface area contributed by atoms with Crippen LogP contribution >= 0.6 is 0 Å². The fourth-order valence-corrected chi connectivity index (χ4v) is 5.64. The maximum absolute atomic E-state index is 13.0. The number of ether oxygens (including phenoxy) is 1. The number of nitrogens with one attached hydrogen (secondary N) is 1.